The predicted molar refractivity (Wildman–Crippen MR) is 118 cm³/mol. The van der Waals surface area contributed by atoms with Crippen molar-refractivity contribution in [3.05, 3.63) is 53.4 Å². The minimum atomic E-state index is 0.696. The number of hydrogen-bond donors (Lipinski definition) is 0. The molecule has 2 aromatic heterocycles. The van der Waals surface area contributed by atoms with E-state index in [1.54, 1.807) is 6.26 Å². The molecule has 2 aromatic carbocycles. The Labute approximate surface area is 176 Å². The minimum Gasteiger partial charge on any atom is -0.464 e. The second kappa shape index (κ2) is 5.66. The van der Waals surface area contributed by atoms with Crippen LogP contribution in [0.5, 0.6) is 11.5 Å². The molecule has 2 saturated carbocycles. The highest BCUT2D eigenvalue weighted by molar-refractivity contribution is 6.05. The quantitative estimate of drug-likeness (QED) is 0.295. The van der Waals surface area contributed by atoms with E-state index >= 15 is 0 Å². The molecule has 3 nitrogen and oxygen atoms in total. The molecule has 3 aliphatic rings. The summed E-state index contributed by atoms with van der Waals surface area (Å²) in [7, 11) is 2.14. The van der Waals surface area contributed by atoms with Gasteiger partial charge in [-0.05, 0) is 79.5 Å². The highest BCUT2D eigenvalue weighted by atomic mass is 16.5. The van der Waals surface area contributed by atoms with Crippen molar-refractivity contribution in [2.75, 3.05) is 0 Å². The second-order valence-corrected chi connectivity index (χ2v) is 9.76. The Morgan fingerprint density at radius 3 is 2.73 bits per heavy atom. The zero-order valence-corrected chi connectivity index (χ0v) is 17.8. The Kier molecular flexibility index (Phi) is 3.19. The summed E-state index contributed by atoms with van der Waals surface area (Å²) in [6, 6.07) is 9.12. The first kappa shape index (κ1) is 16.9. The number of pyridine rings is 1. The lowest BCUT2D eigenvalue weighted by Gasteiger charge is -2.26. The Balaban J connectivity index is 1.53. The number of furan rings is 1. The van der Waals surface area contributed by atoms with Gasteiger partial charge in [0, 0.05) is 17.0 Å². The molecule has 2 fully saturated rings. The maximum atomic E-state index is 6.70. The average molecular weight is 397 g/mol. The lowest BCUT2D eigenvalue weighted by Crippen LogP contribution is -2.32. The monoisotopic (exact) mass is 396 g/mol. The number of rotatable bonds is 1. The van der Waals surface area contributed by atoms with Gasteiger partial charge >= 0.3 is 0 Å². The Morgan fingerprint density at radius 1 is 1.03 bits per heavy atom. The summed E-state index contributed by atoms with van der Waals surface area (Å²) in [5, 5.41) is 3.71. The molecule has 0 amide bonds. The van der Waals surface area contributed by atoms with E-state index in [1.165, 1.54) is 64.2 Å². The van der Waals surface area contributed by atoms with Gasteiger partial charge in [0.15, 0.2) is 6.20 Å². The van der Waals surface area contributed by atoms with Crippen molar-refractivity contribution in [2.24, 2.45) is 18.9 Å². The first-order chi connectivity index (χ1) is 14.6. The van der Waals surface area contributed by atoms with Gasteiger partial charge in [-0.15, -0.1) is 0 Å². The van der Waals surface area contributed by atoms with E-state index in [-0.39, 0.29) is 0 Å². The third-order valence-corrected chi connectivity index (χ3v) is 8.19. The summed E-state index contributed by atoms with van der Waals surface area (Å²) < 4.78 is 14.8. The smallest absolute Gasteiger partial charge is 0.228 e. The molecule has 30 heavy (non-hydrogen) atoms. The molecule has 2 aliphatic carbocycles. The van der Waals surface area contributed by atoms with E-state index in [4.69, 9.17) is 9.15 Å². The van der Waals surface area contributed by atoms with E-state index in [0.29, 0.717) is 5.92 Å². The average Bonchev–Trinajstić information content (AvgIpc) is 3.50. The molecule has 0 radical (unpaired) electrons. The Bertz CT molecular complexity index is 1380. The molecule has 2 bridgehead atoms. The molecule has 3 atom stereocenters. The summed E-state index contributed by atoms with van der Waals surface area (Å²) in [6.45, 7) is 4.31. The summed E-state index contributed by atoms with van der Waals surface area (Å²) in [5.41, 5.74) is 7.19. The van der Waals surface area contributed by atoms with Crippen LogP contribution in [-0.4, -0.2) is 0 Å². The van der Waals surface area contributed by atoms with Crippen LogP contribution in [0.1, 0.15) is 48.3 Å². The molecular weight excluding hydrogens is 370 g/mol. The topological polar surface area (TPSA) is 26.2 Å². The largest absolute Gasteiger partial charge is 0.464 e. The first-order valence-corrected chi connectivity index (χ1v) is 11.2. The molecule has 150 valence electrons. The van der Waals surface area contributed by atoms with E-state index in [9.17, 15) is 0 Å². The maximum absolute atomic E-state index is 6.70. The van der Waals surface area contributed by atoms with Crippen LogP contribution in [0.2, 0.25) is 0 Å². The lowest BCUT2D eigenvalue weighted by molar-refractivity contribution is -0.659. The summed E-state index contributed by atoms with van der Waals surface area (Å²) >= 11 is 0. The first-order valence-electron chi connectivity index (χ1n) is 11.2. The van der Waals surface area contributed by atoms with Gasteiger partial charge in [-0.1, -0.05) is 12.5 Å². The molecule has 3 unspecified atom stereocenters. The SMILES string of the molecule is Cc1c2c(c(C)c3occc13)Oc1cc(C3CC4CCC3C4)cc3cc[n+](C)c-2c13. The van der Waals surface area contributed by atoms with Gasteiger partial charge in [0.1, 0.15) is 24.1 Å². The third-order valence-electron chi connectivity index (χ3n) is 8.19. The highest BCUT2D eigenvalue weighted by Gasteiger charge is 2.41. The van der Waals surface area contributed by atoms with Gasteiger partial charge in [0.25, 0.3) is 0 Å². The number of benzene rings is 2. The second-order valence-electron chi connectivity index (χ2n) is 9.76. The molecule has 0 spiro atoms. The van der Waals surface area contributed by atoms with Crippen LogP contribution in [0.15, 0.2) is 41.1 Å². The van der Waals surface area contributed by atoms with Gasteiger partial charge < -0.3 is 9.15 Å². The van der Waals surface area contributed by atoms with Crippen molar-refractivity contribution < 1.29 is 13.7 Å². The van der Waals surface area contributed by atoms with E-state index < -0.39 is 0 Å². The van der Waals surface area contributed by atoms with Crippen molar-refractivity contribution in [2.45, 2.75) is 45.4 Å². The third kappa shape index (κ3) is 2.03. The van der Waals surface area contributed by atoms with Crippen LogP contribution in [-0.2, 0) is 7.05 Å². The van der Waals surface area contributed by atoms with Gasteiger partial charge in [0.05, 0.1) is 17.2 Å². The van der Waals surface area contributed by atoms with Crippen LogP contribution < -0.4 is 9.30 Å². The van der Waals surface area contributed by atoms with Crippen LogP contribution in [0.3, 0.4) is 0 Å². The fraction of sp³-hybridized carbons (Fsp3) is 0.370. The van der Waals surface area contributed by atoms with Crippen molar-refractivity contribution in [3.8, 4) is 22.8 Å². The lowest BCUT2D eigenvalue weighted by atomic mass is 9.82. The van der Waals surface area contributed by atoms with Crippen LogP contribution in [0, 0.1) is 25.7 Å². The summed E-state index contributed by atoms with van der Waals surface area (Å²) in [4.78, 5) is 0. The molecule has 1 aliphatic heterocycles. The Morgan fingerprint density at radius 2 is 1.93 bits per heavy atom. The number of nitrogens with zero attached hydrogens (tertiary/aromatic N) is 1. The van der Waals surface area contributed by atoms with E-state index in [0.717, 1.165) is 34.5 Å². The number of ether oxygens (including phenoxy) is 1. The molecule has 3 heterocycles. The molecular formula is C27H26NO2+. The number of hydrogen-bond acceptors (Lipinski definition) is 2. The summed E-state index contributed by atoms with van der Waals surface area (Å²) in [5.74, 6) is 4.46. The minimum absolute atomic E-state index is 0.696. The molecule has 4 aromatic rings. The number of aromatic nitrogens is 1. The van der Waals surface area contributed by atoms with Gasteiger partial charge in [-0.3, -0.25) is 0 Å². The van der Waals surface area contributed by atoms with Crippen LogP contribution >= 0.6 is 0 Å². The number of aryl methyl sites for hydroxylation is 3. The standard InChI is InChI=1S/C27H26NO2/c1-14-20-7-9-29-26(20)15(2)27-23(14)25-24-18(6-8-28(25)3)12-19(13-22(24)30-27)21-11-16-4-5-17(21)10-16/h6-9,12-13,16-17,21H,4-5,10-11H2,1-3H3/q+1. The normalized spacial score (nSPS) is 23.9. The van der Waals surface area contributed by atoms with Crippen LogP contribution in [0.25, 0.3) is 33.0 Å². The van der Waals surface area contributed by atoms with E-state index in [2.05, 4.69) is 55.9 Å². The van der Waals surface area contributed by atoms with Crippen molar-refractivity contribution >= 4 is 21.7 Å². The van der Waals surface area contributed by atoms with Crippen molar-refractivity contribution in [1.29, 1.82) is 0 Å². The van der Waals surface area contributed by atoms with Gasteiger partial charge in [0.2, 0.25) is 5.69 Å². The Hall–Kier alpha value is -2.81. The highest BCUT2D eigenvalue weighted by Crippen LogP contribution is 2.55. The molecule has 3 heteroatoms. The summed E-state index contributed by atoms with van der Waals surface area (Å²) in [6.07, 6.45) is 9.60. The van der Waals surface area contributed by atoms with Gasteiger partial charge in [-0.2, -0.15) is 0 Å². The van der Waals surface area contributed by atoms with Crippen molar-refractivity contribution in [3.63, 3.8) is 0 Å². The molecule has 0 N–H and O–H groups in total. The van der Waals surface area contributed by atoms with Gasteiger partial charge in [-0.25, -0.2) is 4.57 Å². The molecule has 0 saturated heterocycles. The number of fused-ring (bicyclic) bond motifs is 5. The maximum Gasteiger partial charge on any atom is 0.228 e. The fourth-order valence-electron chi connectivity index (χ4n) is 6.75. The zero-order chi connectivity index (χ0) is 20.1. The molecule has 7 rings (SSSR count). The van der Waals surface area contributed by atoms with E-state index in [1.807, 2.05) is 0 Å². The predicted octanol–water partition coefficient (Wildman–Crippen LogP) is 6.70. The van der Waals surface area contributed by atoms with Crippen molar-refractivity contribution in [1.82, 2.24) is 0 Å². The zero-order valence-electron chi connectivity index (χ0n) is 17.8. The fourth-order valence-corrected chi connectivity index (χ4v) is 6.75. The van der Waals surface area contributed by atoms with Crippen LogP contribution in [0.4, 0.5) is 0 Å².